The summed E-state index contributed by atoms with van der Waals surface area (Å²) in [6.45, 7) is 6.84. The van der Waals surface area contributed by atoms with Crippen molar-refractivity contribution in [2.24, 2.45) is 28.6 Å². The lowest BCUT2D eigenvalue weighted by atomic mass is 9.47. The Hall–Kier alpha value is -0.600. The highest BCUT2D eigenvalue weighted by molar-refractivity contribution is 5.37. The molecular weight excluding hydrogens is 272 g/mol. The van der Waals surface area contributed by atoms with Crippen molar-refractivity contribution in [3.63, 3.8) is 0 Å². The molecule has 0 amide bonds. The molecule has 0 spiro atoms. The van der Waals surface area contributed by atoms with Gasteiger partial charge in [-0.3, -0.25) is 0 Å². The van der Waals surface area contributed by atoms with Gasteiger partial charge in [0.25, 0.3) is 0 Å². The predicted molar refractivity (Wildman–Crippen MR) is 88.2 cm³/mol. The second-order valence-corrected chi connectivity index (χ2v) is 8.97. The van der Waals surface area contributed by atoms with Crippen LogP contribution in [0.25, 0.3) is 0 Å². The summed E-state index contributed by atoms with van der Waals surface area (Å²) < 4.78 is 0. The first kappa shape index (κ1) is 15.0. The lowest BCUT2D eigenvalue weighted by molar-refractivity contribution is -0.130. The summed E-state index contributed by atoms with van der Waals surface area (Å²) in [7, 11) is 0. The van der Waals surface area contributed by atoms with Crippen LogP contribution in [-0.2, 0) is 0 Å². The Balaban J connectivity index is 1.76. The van der Waals surface area contributed by atoms with Gasteiger partial charge in [-0.2, -0.15) is 0 Å². The molecule has 0 aromatic rings. The van der Waals surface area contributed by atoms with Crippen molar-refractivity contribution in [3.05, 3.63) is 23.3 Å². The van der Waals surface area contributed by atoms with Gasteiger partial charge < -0.3 is 10.2 Å². The monoisotopic (exact) mass is 302 g/mol. The molecule has 2 saturated carbocycles. The van der Waals surface area contributed by atoms with Crippen molar-refractivity contribution < 1.29 is 10.2 Å². The molecule has 2 fully saturated rings. The zero-order valence-corrected chi connectivity index (χ0v) is 14.2. The van der Waals surface area contributed by atoms with Gasteiger partial charge in [0, 0.05) is 0 Å². The molecule has 2 nitrogen and oxygen atoms in total. The number of allylic oxidation sites excluding steroid dienone is 4. The van der Waals surface area contributed by atoms with Gasteiger partial charge in [-0.25, -0.2) is 0 Å². The highest BCUT2D eigenvalue weighted by Gasteiger charge is 2.60. The molecule has 0 radical (unpaired) electrons. The van der Waals surface area contributed by atoms with E-state index in [0.29, 0.717) is 17.8 Å². The van der Waals surface area contributed by atoms with E-state index in [4.69, 9.17) is 0 Å². The summed E-state index contributed by atoms with van der Waals surface area (Å²) in [6.07, 6.45) is 10.6. The highest BCUT2D eigenvalue weighted by Crippen LogP contribution is 2.64. The van der Waals surface area contributed by atoms with Crippen LogP contribution in [0, 0.1) is 28.6 Å². The van der Waals surface area contributed by atoms with E-state index < -0.39 is 0 Å². The lowest BCUT2D eigenvalue weighted by Crippen LogP contribution is -2.56. The number of fused-ring (bicyclic) bond motifs is 5. The maximum atomic E-state index is 11.0. The van der Waals surface area contributed by atoms with E-state index in [2.05, 4.69) is 32.9 Å². The number of aliphatic hydroxyl groups excluding tert-OH is 2. The Morgan fingerprint density at radius 2 is 1.95 bits per heavy atom. The van der Waals surface area contributed by atoms with Crippen molar-refractivity contribution in [2.45, 2.75) is 71.5 Å². The second kappa shape index (κ2) is 4.70. The van der Waals surface area contributed by atoms with Gasteiger partial charge in [0.1, 0.15) is 0 Å². The third kappa shape index (κ3) is 1.80. The number of aliphatic hydroxyl groups is 2. The fourth-order valence-corrected chi connectivity index (χ4v) is 6.57. The molecular formula is C20H30O2. The van der Waals surface area contributed by atoms with E-state index >= 15 is 0 Å². The van der Waals surface area contributed by atoms with Crippen molar-refractivity contribution in [1.29, 1.82) is 0 Å². The van der Waals surface area contributed by atoms with E-state index in [1.165, 1.54) is 17.6 Å². The van der Waals surface area contributed by atoms with Crippen LogP contribution in [0.3, 0.4) is 0 Å². The largest absolute Gasteiger partial charge is 0.393 e. The van der Waals surface area contributed by atoms with Crippen molar-refractivity contribution in [3.8, 4) is 0 Å². The minimum Gasteiger partial charge on any atom is -0.393 e. The van der Waals surface area contributed by atoms with Gasteiger partial charge in [-0.1, -0.05) is 31.6 Å². The van der Waals surface area contributed by atoms with Gasteiger partial charge in [-0.15, -0.1) is 0 Å². The van der Waals surface area contributed by atoms with Gasteiger partial charge in [-0.05, 0) is 79.6 Å². The van der Waals surface area contributed by atoms with Gasteiger partial charge in [0.2, 0.25) is 0 Å². The maximum absolute atomic E-state index is 11.0. The Morgan fingerprint density at radius 1 is 1.18 bits per heavy atom. The third-order valence-electron chi connectivity index (χ3n) is 7.85. The fourth-order valence-electron chi connectivity index (χ4n) is 6.57. The minimum absolute atomic E-state index is 0.0668. The Morgan fingerprint density at radius 3 is 2.73 bits per heavy atom. The Labute approximate surface area is 134 Å². The van der Waals surface area contributed by atoms with Gasteiger partial charge in [0.15, 0.2) is 0 Å². The topological polar surface area (TPSA) is 40.5 Å². The first-order chi connectivity index (χ1) is 10.4. The van der Waals surface area contributed by atoms with E-state index in [0.717, 1.165) is 32.1 Å². The van der Waals surface area contributed by atoms with Crippen LogP contribution in [0.2, 0.25) is 0 Å². The average Bonchev–Trinajstić information content (AvgIpc) is 2.75. The standard InChI is InChI=1S/C20H30O2/c1-12-8-9-19(2)13(10-12)4-5-14-15-6-7-17(22)20(15,3)11-16(21)18(14)19/h4,10,14-18,21-22H,5-9,11H2,1-3H3/t14-,15-,16-,17-,18+,19-,20-/m0/s1. The first-order valence-corrected chi connectivity index (χ1v) is 9.10. The van der Waals surface area contributed by atoms with Crippen LogP contribution in [0.15, 0.2) is 23.3 Å². The third-order valence-corrected chi connectivity index (χ3v) is 7.85. The summed E-state index contributed by atoms with van der Waals surface area (Å²) in [5.41, 5.74) is 3.02. The molecule has 22 heavy (non-hydrogen) atoms. The first-order valence-electron chi connectivity index (χ1n) is 9.10. The minimum atomic E-state index is -0.264. The average molecular weight is 302 g/mol. The number of hydrogen-bond donors (Lipinski definition) is 2. The normalized spacial score (nSPS) is 54.0. The van der Waals surface area contributed by atoms with Crippen LogP contribution in [0.4, 0.5) is 0 Å². The summed E-state index contributed by atoms with van der Waals surface area (Å²) in [6, 6.07) is 0. The van der Waals surface area contributed by atoms with Gasteiger partial charge in [0.05, 0.1) is 12.2 Å². The summed E-state index contributed by atoms with van der Waals surface area (Å²) in [5.74, 6) is 1.50. The molecule has 0 saturated heterocycles. The number of rotatable bonds is 0. The molecule has 4 aliphatic rings. The van der Waals surface area contributed by atoms with Crippen molar-refractivity contribution in [2.75, 3.05) is 0 Å². The van der Waals surface area contributed by atoms with E-state index in [1.807, 2.05) is 0 Å². The van der Waals surface area contributed by atoms with Crippen LogP contribution in [0.5, 0.6) is 0 Å². The fraction of sp³-hybridized carbons (Fsp3) is 0.800. The van der Waals surface area contributed by atoms with Crippen LogP contribution >= 0.6 is 0 Å². The molecule has 4 rings (SSSR count). The molecule has 4 aliphatic carbocycles. The van der Waals surface area contributed by atoms with Gasteiger partial charge >= 0.3 is 0 Å². The quantitative estimate of drug-likeness (QED) is 0.714. The molecule has 2 N–H and O–H groups in total. The Bertz CT molecular complexity index is 548. The Kier molecular flexibility index (Phi) is 3.20. The molecule has 7 atom stereocenters. The van der Waals surface area contributed by atoms with E-state index in [-0.39, 0.29) is 23.0 Å². The van der Waals surface area contributed by atoms with Crippen LogP contribution in [-0.4, -0.2) is 22.4 Å². The predicted octanol–water partition coefficient (Wildman–Crippen LogP) is 3.84. The zero-order valence-electron chi connectivity index (χ0n) is 14.2. The molecule has 122 valence electrons. The smallest absolute Gasteiger partial charge is 0.0597 e. The second-order valence-electron chi connectivity index (χ2n) is 8.97. The SMILES string of the molecule is CC1=CC2=CC[C@@H]3[C@H]([C@@H](O)C[C@]4(C)[C@@H](O)CC[C@@H]34)[C@@]2(C)CC1. The molecule has 0 aromatic heterocycles. The molecule has 0 heterocycles. The number of hydrogen-bond acceptors (Lipinski definition) is 2. The molecule has 0 aromatic carbocycles. The zero-order chi connectivity index (χ0) is 15.7. The van der Waals surface area contributed by atoms with Crippen molar-refractivity contribution in [1.82, 2.24) is 0 Å². The highest BCUT2D eigenvalue weighted by atomic mass is 16.3. The summed E-state index contributed by atoms with van der Waals surface area (Å²) in [4.78, 5) is 0. The molecule has 0 bridgehead atoms. The molecule has 0 aliphatic heterocycles. The van der Waals surface area contributed by atoms with Crippen LogP contribution in [0.1, 0.15) is 59.3 Å². The summed E-state index contributed by atoms with van der Waals surface area (Å²) in [5, 5.41) is 21.5. The van der Waals surface area contributed by atoms with E-state index in [1.54, 1.807) is 0 Å². The van der Waals surface area contributed by atoms with Crippen LogP contribution < -0.4 is 0 Å². The lowest BCUT2D eigenvalue weighted by Gasteiger charge is -2.58. The summed E-state index contributed by atoms with van der Waals surface area (Å²) >= 11 is 0. The molecule has 0 unspecified atom stereocenters. The molecule has 2 heteroatoms. The maximum Gasteiger partial charge on any atom is 0.0597 e. The van der Waals surface area contributed by atoms with E-state index in [9.17, 15) is 10.2 Å². The van der Waals surface area contributed by atoms with Crippen molar-refractivity contribution >= 4 is 0 Å².